The summed E-state index contributed by atoms with van der Waals surface area (Å²) < 4.78 is 27.9. The van der Waals surface area contributed by atoms with Gasteiger partial charge < -0.3 is 0 Å². The molecular weight excluding hydrogens is 439 g/mol. The summed E-state index contributed by atoms with van der Waals surface area (Å²) in [7, 11) is -3.32. The van der Waals surface area contributed by atoms with Gasteiger partial charge in [-0.1, -0.05) is 42.6 Å². The molecule has 2 unspecified atom stereocenters. The normalized spacial score (nSPS) is 28.8. The molecule has 8 heteroatoms. The van der Waals surface area contributed by atoms with Crippen LogP contribution in [0.1, 0.15) is 44.1 Å². The summed E-state index contributed by atoms with van der Waals surface area (Å²) in [6, 6.07) is 7.88. The predicted octanol–water partition coefficient (Wildman–Crippen LogP) is 4.60. The molecule has 2 aliphatic heterocycles. The highest BCUT2D eigenvalue weighted by molar-refractivity contribution is 7.88. The zero-order valence-corrected chi connectivity index (χ0v) is 19.3. The lowest BCUT2D eigenvalue weighted by atomic mass is 9.73. The molecule has 3 fully saturated rings. The lowest BCUT2D eigenvalue weighted by molar-refractivity contribution is -0.00315. The van der Waals surface area contributed by atoms with Gasteiger partial charge in [-0.25, -0.2) is 12.7 Å². The van der Waals surface area contributed by atoms with E-state index in [0.717, 1.165) is 12.8 Å². The SMILES string of the molecule is Cl.Cl.O=S(=O)(Cc1ccccc1Cl)N1CC2CCCC(C1)C2N1CCCCC1. The first-order chi connectivity index (χ1) is 12.5. The maximum Gasteiger partial charge on any atom is 0.218 e. The highest BCUT2D eigenvalue weighted by Gasteiger charge is 2.45. The molecule has 2 atom stereocenters. The number of sulfonamides is 1. The molecular formula is C20H31Cl3N2O2S. The number of benzene rings is 1. The summed E-state index contributed by atoms with van der Waals surface area (Å²) in [5.74, 6) is 0.990. The third-order valence-corrected chi connectivity index (χ3v) is 8.62. The molecule has 1 aromatic carbocycles. The average Bonchev–Trinajstić information content (AvgIpc) is 2.63. The van der Waals surface area contributed by atoms with Gasteiger partial charge in [0.15, 0.2) is 0 Å². The van der Waals surface area contributed by atoms with Crippen molar-refractivity contribution in [3.63, 3.8) is 0 Å². The Bertz CT molecular complexity index is 727. The van der Waals surface area contributed by atoms with Crippen LogP contribution in [0.3, 0.4) is 0 Å². The quantitative estimate of drug-likeness (QED) is 0.647. The fourth-order valence-corrected chi connectivity index (χ4v) is 7.25. The van der Waals surface area contributed by atoms with Crippen molar-refractivity contribution < 1.29 is 8.42 Å². The van der Waals surface area contributed by atoms with Gasteiger partial charge in [0.25, 0.3) is 0 Å². The molecule has 0 spiro atoms. The number of nitrogens with zero attached hydrogens (tertiary/aromatic N) is 2. The second-order valence-corrected chi connectivity index (χ2v) is 10.6. The van der Waals surface area contributed by atoms with Gasteiger partial charge in [-0.05, 0) is 62.2 Å². The average molecular weight is 470 g/mol. The zero-order valence-electron chi connectivity index (χ0n) is 16.1. The third kappa shape index (κ3) is 5.16. The summed E-state index contributed by atoms with van der Waals surface area (Å²) in [5.41, 5.74) is 0.706. The topological polar surface area (TPSA) is 40.6 Å². The minimum absolute atomic E-state index is 0. The van der Waals surface area contributed by atoms with Crippen molar-refractivity contribution in [3.8, 4) is 0 Å². The molecule has 0 radical (unpaired) electrons. The van der Waals surface area contributed by atoms with Crippen LogP contribution in [0.4, 0.5) is 0 Å². The minimum atomic E-state index is -3.32. The summed E-state index contributed by atoms with van der Waals surface area (Å²) in [6.45, 7) is 3.77. The van der Waals surface area contributed by atoms with Crippen LogP contribution in [-0.4, -0.2) is 49.8 Å². The summed E-state index contributed by atoms with van der Waals surface area (Å²) in [6.07, 6.45) is 7.51. The third-order valence-electron chi connectivity index (χ3n) is 6.49. The van der Waals surface area contributed by atoms with Crippen LogP contribution in [0, 0.1) is 11.8 Å². The molecule has 0 N–H and O–H groups in total. The summed E-state index contributed by atoms with van der Waals surface area (Å²) in [4.78, 5) is 2.68. The van der Waals surface area contributed by atoms with Gasteiger partial charge in [-0.2, -0.15) is 0 Å². The fourth-order valence-electron chi connectivity index (χ4n) is 5.31. The predicted molar refractivity (Wildman–Crippen MR) is 120 cm³/mol. The summed E-state index contributed by atoms with van der Waals surface area (Å²) in [5, 5.41) is 0.541. The van der Waals surface area contributed by atoms with Gasteiger partial charge >= 0.3 is 0 Å². The zero-order chi connectivity index (χ0) is 18.1. The first-order valence-electron chi connectivity index (χ1n) is 10.00. The Hall–Kier alpha value is -0.0400. The lowest BCUT2D eigenvalue weighted by Crippen LogP contribution is -2.60. The van der Waals surface area contributed by atoms with E-state index in [0.29, 0.717) is 41.6 Å². The maximum absolute atomic E-state index is 13.1. The van der Waals surface area contributed by atoms with Gasteiger partial charge in [0, 0.05) is 24.2 Å². The van der Waals surface area contributed by atoms with E-state index in [1.165, 1.54) is 38.8 Å². The molecule has 0 aromatic heterocycles. The molecule has 2 heterocycles. The molecule has 160 valence electrons. The van der Waals surface area contributed by atoms with Crippen LogP contribution in [-0.2, 0) is 15.8 Å². The first-order valence-corrected chi connectivity index (χ1v) is 12.0. The Balaban J connectivity index is 0.00000140. The molecule has 2 saturated heterocycles. The van der Waals surface area contributed by atoms with Crippen molar-refractivity contribution in [1.29, 1.82) is 0 Å². The van der Waals surface area contributed by atoms with Crippen LogP contribution >= 0.6 is 36.4 Å². The van der Waals surface area contributed by atoms with Crippen LogP contribution in [0.15, 0.2) is 24.3 Å². The number of likely N-dealkylation sites (tertiary alicyclic amines) is 1. The van der Waals surface area contributed by atoms with E-state index in [1.54, 1.807) is 10.4 Å². The van der Waals surface area contributed by atoms with E-state index in [1.807, 2.05) is 18.2 Å². The first kappa shape index (κ1) is 24.2. The minimum Gasteiger partial charge on any atom is -0.300 e. The Kier molecular flexibility index (Phi) is 8.93. The fraction of sp³-hybridized carbons (Fsp3) is 0.700. The van der Waals surface area contributed by atoms with E-state index in [2.05, 4.69) is 4.90 Å². The Morgan fingerprint density at radius 2 is 1.54 bits per heavy atom. The van der Waals surface area contributed by atoms with Crippen LogP contribution < -0.4 is 0 Å². The number of hydrogen-bond donors (Lipinski definition) is 0. The van der Waals surface area contributed by atoms with E-state index < -0.39 is 10.0 Å². The smallest absolute Gasteiger partial charge is 0.218 e. The van der Waals surface area contributed by atoms with Gasteiger partial charge in [0.1, 0.15) is 0 Å². The van der Waals surface area contributed by atoms with Crippen LogP contribution in [0.25, 0.3) is 0 Å². The van der Waals surface area contributed by atoms with Gasteiger partial charge in [0.05, 0.1) is 5.75 Å². The molecule has 4 nitrogen and oxygen atoms in total. The number of rotatable bonds is 4. The molecule has 3 aliphatic rings. The second kappa shape index (κ2) is 10.3. The largest absolute Gasteiger partial charge is 0.300 e. The number of hydrogen-bond acceptors (Lipinski definition) is 3. The number of piperidine rings is 2. The van der Waals surface area contributed by atoms with Crippen molar-refractivity contribution in [1.82, 2.24) is 9.21 Å². The Morgan fingerprint density at radius 3 is 2.14 bits per heavy atom. The molecule has 28 heavy (non-hydrogen) atoms. The van der Waals surface area contributed by atoms with Gasteiger partial charge in [0.2, 0.25) is 10.0 Å². The molecule has 1 saturated carbocycles. The van der Waals surface area contributed by atoms with Crippen molar-refractivity contribution >= 4 is 46.4 Å². The molecule has 2 bridgehead atoms. The molecule has 1 aliphatic carbocycles. The highest BCUT2D eigenvalue weighted by atomic mass is 35.5. The number of fused-ring (bicyclic) bond motifs is 2. The van der Waals surface area contributed by atoms with E-state index >= 15 is 0 Å². The molecule has 1 aromatic rings. The Morgan fingerprint density at radius 1 is 0.929 bits per heavy atom. The van der Waals surface area contributed by atoms with Crippen molar-refractivity contribution in [2.75, 3.05) is 26.2 Å². The van der Waals surface area contributed by atoms with E-state index in [-0.39, 0.29) is 30.6 Å². The van der Waals surface area contributed by atoms with Crippen molar-refractivity contribution in [2.45, 2.75) is 50.3 Å². The molecule has 0 amide bonds. The van der Waals surface area contributed by atoms with Gasteiger partial charge in [-0.15, -0.1) is 24.8 Å². The van der Waals surface area contributed by atoms with Crippen LogP contribution in [0.5, 0.6) is 0 Å². The highest BCUT2D eigenvalue weighted by Crippen LogP contribution is 2.40. The summed E-state index contributed by atoms with van der Waals surface area (Å²) >= 11 is 6.20. The van der Waals surface area contributed by atoms with Crippen molar-refractivity contribution in [2.24, 2.45) is 11.8 Å². The Labute approximate surface area is 186 Å². The number of halogens is 3. The van der Waals surface area contributed by atoms with Crippen molar-refractivity contribution in [3.05, 3.63) is 34.9 Å². The lowest BCUT2D eigenvalue weighted by Gasteiger charge is -2.52. The standard InChI is InChI=1S/C20H29ClN2O2S.2ClH/c21-19-10-3-2-7-18(19)15-26(24,25)23-13-16-8-6-9-17(14-23)20(16)22-11-4-1-5-12-22;;/h2-3,7,10,16-17,20H,1,4-6,8-9,11-15H2;2*1H. The maximum atomic E-state index is 13.1. The van der Waals surface area contributed by atoms with E-state index in [9.17, 15) is 8.42 Å². The van der Waals surface area contributed by atoms with Crippen LogP contribution in [0.2, 0.25) is 5.02 Å². The second-order valence-electron chi connectivity index (χ2n) is 8.20. The monoisotopic (exact) mass is 468 g/mol. The van der Waals surface area contributed by atoms with E-state index in [4.69, 9.17) is 11.6 Å². The van der Waals surface area contributed by atoms with Gasteiger partial charge in [-0.3, -0.25) is 4.90 Å². The molecule has 4 rings (SSSR count).